The molecule has 7 heteroatoms. The van der Waals surface area contributed by atoms with Crippen LogP contribution >= 0.6 is 0 Å². The Morgan fingerprint density at radius 2 is 1.75 bits per heavy atom. The largest absolute Gasteiger partial charge is 0.394 e. The number of rotatable bonds is 7. The quantitative estimate of drug-likeness (QED) is 0.370. The summed E-state index contributed by atoms with van der Waals surface area (Å²) < 4.78 is 0. The molecule has 1 amide bonds. The van der Waals surface area contributed by atoms with E-state index in [1.807, 2.05) is 0 Å². The molecular weight excluding hydrogens is 266 g/mol. The summed E-state index contributed by atoms with van der Waals surface area (Å²) in [6, 6.07) is 6.60. The fraction of sp³-hybridized carbons (Fsp3) is 0.385. The van der Waals surface area contributed by atoms with Crippen molar-refractivity contribution in [1.82, 2.24) is 5.32 Å². The maximum Gasteiger partial charge on any atom is 0.251 e. The molecule has 0 aliphatic heterocycles. The van der Waals surface area contributed by atoms with Crippen LogP contribution in [0.1, 0.15) is 10.4 Å². The molecule has 0 unspecified atom stereocenters. The van der Waals surface area contributed by atoms with Crippen LogP contribution in [-0.2, 0) is 4.79 Å². The first-order chi connectivity index (χ1) is 9.51. The first-order valence-electron chi connectivity index (χ1n) is 5.97. The van der Waals surface area contributed by atoms with Crippen molar-refractivity contribution in [2.75, 3.05) is 6.61 Å². The molecule has 7 nitrogen and oxygen atoms in total. The maximum absolute atomic E-state index is 11.8. The molecule has 20 heavy (non-hydrogen) atoms. The van der Waals surface area contributed by atoms with Crippen molar-refractivity contribution in [3.05, 3.63) is 35.9 Å². The number of carbonyl (C=O) groups excluding carboxylic acids is 2. The minimum Gasteiger partial charge on any atom is -0.394 e. The van der Waals surface area contributed by atoms with Gasteiger partial charge in [-0.3, -0.25) is 4.79 Å². The minimum absolute atomic E-state index is 0.249. The van der Waals surface area contributed by atoms with Crippen molar-refractivity contribution in [3.8, 4) is 0 Å². The zero-order valence-corrected chi connectivity index (χ0v) is 10.6. The number of nitrogens with one attached hydrogen (secondary N) is 1. The molecule has 0 radical (unpaired) electrons. The summed E-state index contributed by atoms with van der Waals surface area (Å²) in [5.41, 5.74) is 0.281. The zero-order chi connectivity index (χ0) is 15.1. The lowest BCUT2D eigenvalue weighted by atomic mass is 10.0. The fourth-order valence-electron chi connectivity index (χ4n) is 1.57. The minimum atomic E-state index is -1.76. The summed E-state index contributed by atoms with van der Waals surface area (Å²) in [4.78, 5) is 22.7. The van der Waals surface area contributed by atoms with Gasteiger partial charge in [0.1, 0.15) is 30.6 Å². The molecule has 1 rings (SSSR count). The molecule has 4 atom stereocenters. The van der Waals surface area contributed by atoms with E-state index in [4.69, 9.17) is 5.11 Å². The summed E-state index contributed by atoms with van der Waals surface area (Å²) in [7, 11) is 0. The predicted octanol–water partition coefficient (Wildman–Crippen LogP) is -1.94. The Bertz CT molecular complexity index is 438. The molecule has 0 aliphatic carbocycles. The topological polar surface area (TPSA) is 127 Å². The van der Waals surface area contributed by atoms with Crippen LogP contribution in [0.2, 0.25) is 0 Å². The van der Waals surface area contributed by atoms with E-state index >= 15 is 0 Å². The molecule has 5 N–H and O–H groups in total. The van der Waals surface area contributed by atoms with Gasteiger partial charge in [-0.15, -0.1) is 0 Å². The first-order valence-corrected chi connectivity index (χ1v) is 5.97. The Morgan fingerprint density at radius 3 is 2.25 bits per heavy atom. The predicted molar refractivity (Wildman–Crippen MR) is 68.9 cm³/mol. The second-order valence-corrected chi connectivity index (χ2v) is 4.23. The Balaban J connectivity index is 2.72. The van der Waals surface area contributed by atoms with Crippen molar-refractivity contribution in [3.63, 3.8) is 0 Å². The summed E-state index contributed by atoms with van der Waals surface area (Å²) in [5.74, 6) is -0.604. The number of hydrogen-bond donors (Lipinski definition) is 5. The SMILES string of the molecule is O=C[C@H](NC(=O)c1ccccc1)[C@@H](O)[C@H](O)[C@H](O)CO. The molecule has 0 saturated carbocycles. The molecule has 1 aromatic carbocycles. The first kappa shape index (κ1) is 16.3. The number of carbonyl (C=O) groups is 2. The number of amides is 1. The van der Waals surface area contributed by atoms with Crippen LogP contribution in [0.15, 0.2) is 30.3 Å². The van der Waals surface area contributed by atoms with Gasteiger partial charge in [-0.25, -0.2) is 0 Å². The fourth-order valence-corrected chi connectivity index (χ4v) is 1.57. The van der Waals surface area contributed by atoms with Crippen LogP contribution in [-0.4, -0.2) is 63.6 Å². The third-order valence-electron chi connectivity index (χ3n) is 2.78. The smallest absolute Gasteiger partial charge is 0.251 e. The van der Waals surface area contributed by atoms with Crippen molar-refractivity contribution in [2.45, 2.75) is 24.4 Å². The van der Waals surface area contributed by atoms with Crippen molar-refractivity contribution >= 4 is 12.2 Å². The van der Waals surface area contributed by atoms with Gasteiger partial charge >= 0.3 is 0 Å². The number of aliphatic hydroxyl groups excluding tert-OH is 4. The van der Waals surface area contributed by atoms with E-state index in [2.05, 4.69) is 5.32 Å². The van der Waals surface area contributed by atoms with Gasteiger partial charge < -0.3 is 30.5 Å². The van der Waals surface area contributed by atoms with Crippen LogP contribution in [0.3, 0.4) is 0 Å². The zero-order valence-electron chi connectivity index (χ0n) is 10.6. The lowest BCUT2D eigenvalue weighted by Gasteiger charge is -2.26. The number of aldehydes is 1. The standard InChI is InChI=1S/C13H17NO6/c15-6-9(11(18)12(19)10(17)7-16)14-13(20)8-4-2-1-3-5-8/h1-6,9-12,16-19H,7H2,(H,14,20)/t9-,10+,11+,12+/m0/s1. The Morgan fingerprint density at radius 1 is 1.15 bits per heavy atom. The average Bonchev–Trinajstić information content (AvgIpc) is 2.50. The summed E-state index contributed by atoms with van der Waals surface area (Å²) >= 11 is 0. The van der Waals surface area contributed by atoms with Gasteiger partial charge in [0.2, 0.25) is 0 Å². The molecule has 0 saturated heterocycles. The Kier molecular flexibility index (Phi) is 6.26. The van der Waals surface area contributed by atoms with Gasteiger partial charge in [0, 0.05) is 5.56 Å². The molecule has 110 valence electrons. The van der Waals surface area contributed by atoms with Crippen LogP contribution in [0.4, 0.5) is 0 Å². The molecule has 0 heterocycles. The highest BCUT2D eigenvalue weighted by atomic mass is 16.4. The molecule has 0 aliphatic rings. The molecule has 1 aromatic rings. The molecule has 0 bridgehead atoms. The summed E-state index contributed by atoms with van der Waals surface area (Å²) in [6.07, 6.45) is -4.85. The monoisotopic (exact) mass is 283 g/mol. The maximum atomic E-state index is 11.8. The Labute approximate surface area is 115 Å². The number of hydrogen-bond acceptors (Lipinski definition) is 6. The van der Waals surface area contributed by atoms with E-state index in [1.54, 1.807) is 18.2 Å². The normalized spacial score (nSPS) is 16.8. The van der Waals surface area contributed by atoms with Crippen LogP contribution in [0.5, 0.6) is 0 Å². The van der Waals surface area contributed by atoms with Crippen molar-refractivity contribution in [1.29, 1.82) is 0 Å². The Hall–Kier alpha value is -1.80. The van der Waals surface area contributed by atoms with E-state index in [-0.39, 0.29) is 11.8 Å². The van der Waals surface area contributed by atoms with Gasteiger partial charge in [0.25, 0.3) is 5.91 Å². The second kappa shape index (κ2) is 7.71. The number of aliphatic hydroxyl groups is 4. The number of benzene rings is 1. The van der Waals surface area contributed by atoms with E-state index in [0.717, 1.165) is 0 Å². The van der Waals surface area contributed by atoms with Crippen molar-refractivity contribution < 1.29 is 30.0 Å². The third kappa shape index (κ3) is 4.10. The molecule has 0 fully saturated rings. The van der Waals surface area contributed by atoms with Crippen LogP contribution in [0, 0.1) is 0 Å². The molecule has 0 spiro atoms. The van der Waals surface area contributed by atoms with Gasteiger partial charge in [0.05, 0.1) is 6.61 Å². The molecular formula is C13H17NO6. The van der Waals surface area contributed by atoms with Gasteiger partial charge in [-0.05, 0) is 12.1 Å². The molecule has 0 aromatic heterocycles. The second-order valence-electron chi connectivity index (χ2n) is 4.23. The van der Waals surface area contributed by atoms with E-state index in [0.29, 0.717) is 0 Å². The highest BCUT2D eigenvalue weighted by Gasteiger charge is 2.32. The van der Waals surface area contributed by atoms with Gasteiger partial charge in [-0.1, -0.05) is 18.2 Å². The van der Waals surface area contributed by atoms with Gasteiger partial charge in [0.15, 0.2) is 0 Å². The summed E-state index contributed by atoms with van der Waals surface area (Å²) in [5, 5.41) is 39.3. The van der Waals surface area contributed by atoms with Gasteiger partial charge in [-0.2, -0.15) is 0 Å². The lowest BCUT2D eigenvalue weighted by Crippen LogP contribution is -2.53. The van der Waals surface area contributed by atoms with Crippen LogP contribution < -0.4 is 5.32 Å². The highest BCUT2D eigenvalue weighted by molar-refractivity contribution is 5.95. The third-order valence-corrected chi connectivity index (χ3v) is 2.78. The average molecular weight is 283 g/mol. The van der Waals surface area contributed by atoms with Crippen LogP contribution in [0.25, 0.3) is 0 Å². The van der Waals surface area contributed by atoms with Crippen molar-refractivity contribution in [2.24, 2.45) is 0 Å². The summed E-state index contributed by atoms with van der Waals surface area (Å²) in [6.45, 7) is -0.781. The van der Waals surface area contributed by atoms with E-state index < -0.39 is 36.9 Å². The lowest BCUT2D eigenvalue weighted by molar-refractivity contribution is -0.119. The van der Waals surface area contributed by atoms with E-state index in [1.165, 1.54) is 12.1 Å². The highest BCUT2D eigenvalue weighted by Crippen LogP contribution is 2.05. The van der Waals surface area contributed by atoms with E-state index in [9.17, 15) is 24.9 Å².